The smallest absolute Gasteiger partial charge is 0.129 e. The third kappa shape index (κ3) is 2.90. The predicted molar refractivity (Wildman–Crippen MR) is 56.8 cm³/mol. The van der Waals surface area contributed by atoms with Crippen LogP contribution in [0.1, 0.15) is 19.8 Å². The van der Waals surface area contributed by atoms with Gasteiger partial charge in [0.05, 0.1) is 0 Å². The normalized spacial score (nSPS) is 16.2. The molecular weight excluding hydrogens is 186 g/mol. The highest BCUT2D eigenvalue weighted by atomic mass is 15.1. The zero-order chi connectivity index (χ0) is 11.1. The van der Waals surface area contributed by atoms with Gasteiger partial charge in [0.25, 0.3) is 0 Å². The SMILES string of the molecule is CC#CN1CCC/C1=C/C=C(C#N)C#N. The van der Waals surface area contributed by atoms with E-state index in [0.717, 1.165) is 25.1 Å². The van der Waals surface area contributed by atoms with Crippen LogP contribution in [-0.4, -0.2) is 11.4 Å². The van der Waals surface area contributed by atoms with Crippen molar-refractivity contribution in [2.24, 2.45) is 0 Å². The highest BCUT2D eigenvalue weighted by Crippen LogP contribution is 2.19. The Morgan fingerprint density at radius 2 is 2.13 bits per heavy atom. The zero-order valence-electron chi connectivity index (χ0n) is 8.62. The lowest BCUT2D eigenvalue weighted by molar-refractivity contribution is 0.564. The Kier molecular flexibility index (Phi) is 4.02. The number of hydrogen-bond donors (Lipinski definition) is 0. The van der Waals surface area contributed by atoms with Gasteiger partial charge in [-0.15, -0.1) is 0 Å². The summed E-state index contributed by atoms with van der Waals surface area (Å²) >= 11 is 0. The second-order valence-electron chi connectivity index (χ2n) is 3.08. The van der Waals surface area contributed by atoms with Crippen molar-refractivity contribution in [2.75, 3.05) is 6.54 Å². The fraction of sp³-hybridized carbons (Fsp3) is 0.333. The minimum absolute atomic E-state index is 0.124. The molecule has 15 heavy (non-hydrogen) atoms. The molecular formula is C12H11N3. The lowest BCUT2D eigenvalue weighted by Crippen LogP contribution is -2.09. The molecule has 1 rings (SSSR count). The molecule has 74 valence electrons. The molecule has 0 radical (unpaired) electrons. The maximum absolute atomic E-state index is 8.56. The van der Waals surface area contributed by atoms with Crippen LogP contribution in [0.4, 0.5) is 0 Å². The Hall–Kier alpha value is -2.18. The van der Waals surface area contributed by atoms with Crippen LogP contribution in [0.5, 0.6) is 0 Å². The molecule has 0 aromatic heterocycles. The quantitative estimate of drug-likeness (QED) is 0.476. The Morgan fingerprint density at radius 1 is 1.40 bits per heavy atom. The van der Waals surface area contributed by atoms with E-state index in [1.54, 1.807) is 19.1 Å². The van der Waals surface area contributed by atoms with E-state index in [0.29, 0.717) is 0 Å². The van der Waals surface area contributed by atoms with Gasteiger partial charge in [0, 0.05) is 18.3 Å². The van der Waals surface area contributed by atoms with Gasteiger partial charge in [0.2, 0.25) is 0 Å². The summed E-state index contributed by atoms with van der Waals surface area (Å²) in [5.74, 6) is 2.84. The molecule has 0 N–H and O–H groups in total. The first kappa shape index (κ1) is 10.9. The topological polar surface area (TPSA) is 50.8 Å². The van der Waals surface area contributed by atoms with E-state index in [-0.39, 0.29) is 5.57 Å². The van der Waals surface area contributed by atoms with Crippen LogP contribution >= 0.6 is 0 Å². The lowest BCUT2D eigenvalue weighted by Gasteiger charge is -2.09. The second-order valence-corrected chi connectivity index (χ2v) is 3.08. The van der Waals surface area contributed by atoms with Gasteiger partial charge in [-0.3, -0.25) is 0 Å². The summed E-state index contributed by atoms with van der Waals surface area (Å²) in [6, 6.07) is 6.62. The van der Waals surface area contributed by atoms with Gasteiger partial charge in [-0.2, -0.15) is 10.5 Å². The highest BCUT2D eigenvalue weighted by molar-refractivity contribution is 5.39. The van der Waals surface area contributed by atoms with Crippen LogP contribution in [0.3, 0.4) is 0 Å². The molecule has 3 nitrogen and oxygen atoms in total. The summed E-state index contributed by atoms with van der Waals surface area (Å²) in [4.78, 5) is 1.96. The summed E-state index contributed by atoms with van der Waals surface area (Å²) in [6.45, 7) is 2.72. The molecule has 1 fully saturated rings. The van der Waals surface area contributed by atoms with Crippen molar-refractivity contribution in [3.8, 4) is 24.1 Å². The molecule has 0 aromatic rings. The Balaban J connectivity index is 2.83. The van der Waals surface area contributed by atoms with Crippen molar-refractivity contribution < 1.29 is 0 Å². The summed E-state index contributed by atoms with van der Waals surface area (Å²) < 4.78 is 0. The van der Waals surface area contributed by atoms with Crippen molar-refractivity contribution in [3.05, 3.63) is 23.4 Å². The van der Waals surface area contributed by atoms with E-state index in [1.807, 2.05) is 17.0 Å². The average molecular weight is 197 g/mol. The standard InChI is InChI=1S/C12H11N3/c1-2-7-15-8-3-4-12(15)6-5-11(9-13)10-14/h5-6H,3-4,8H2,1H3/b12-6-. The fourth-order valence-corrected chi connectivity index (χ4v) is 1.41. The number of nitrogens with zero attached hydrogens (tertiary/aromatic N) is 3. The maximum atomic E-state index is 8.56. The average Bonchev–Trinajstić information content (AvgIpc) is 2.68. The van der Waals surface area contributed by atoms with Gasteiger partial charge < -0.3 is 4.90 Å². The van der Waals surface area contributed by atoms with Gasteiger partial charge in [-0.05, 0) is 31.9 Å². The third-order valence-corrected chi connectivity index (χ3v) is 2.09. The van der Waals surface area contributed by atoms with Crippen LogP contribution in [0.15, 0.2) is 23.4 Å². The number of rotatable bonds is 1. The number of nitriles is 2. The van der Waals surface area contributed by atoms with Gasteiger partial charge >= 0.3 is 0 Å². The predicted octanol–water partition coefficient (Wildman–Crippen LogP) is 1.92. The molecule has 0 atom stereocenters. The zero-order valence-corrected chi connectivity index (χ0v) is 8.62. The molecule has 1 aliphatic rings. The molecule has 1 heterocycles. The van der Waals surface area contributed by atoms with Gasteiger partial charge in [-0.25, -0.2) is 0 Å². The number of hydrogen-bond acceptors (Lipinski definition) is 3. The summed E-state index contributed by atoms with van der Waals surface area (Å²) in [5, 5.41) is 17.1. The largest absolute Gasteiger partial charge is 0.305 e. The van der Waals surface area contributed by atoms with E-state index >= 15 is 0 Å². The minimum Gasteiger partial charge on any atom is -0.305 e. The molecule has 1 saturated heterocycles. The molecule has 0 amide bonds. The third-order valence-electron chi connectivity index (χ3n) is 2.09. The molecule has 0 spiro atoms. The second kappa shape index (κ2) is 5.53. The molecule has 0 unspecified atom stereocenters. The first-order valence-electron chi connectivity index (χ1n) is 4.72. The van der Waals surface area contributed by atoms with Crippen LogP contribution < -0.4 is 0 Å². The highest BCUT2D eigenvalue weighted by Gasteiger charge is 2.13. The number of likely N-dealkylation sites (tertiary alicyclic amines) is 1. The monoisotopic (exact) mass is 197 g/mol. The maximum Gasteiger partial charge on any atom is 0.129 e. The van der Waals surface area contributed by atoms with Crippen LogP contribution in [0.25, 0.3) is 0 Å². The van der Waals surface area contributed by atoms with Crippen molar-refractivity contribution in [1.29, 1.82) is 10.5 Å². The first-order valence-corrected chi connectivity index (χ1v) is 4.72. The van der Waals surface area contributed by atoms with Crippen molar-refractivity contribution in [3.63, 3.8) is 0 Å². The Morgan fingerprint density at radius 3 is 2.73 bits per heavy atom. The van der Waals surface area contributed by atoms with Crippen molar-refractivity contribution in [1.82, 2.24) is 4.90 Å². The van der Waals surface area contributed by atoms with Crippen molar-refractivity contribution in [2.45, 2.75) is 19.8 Å². The molecule has 3 heteroatoms. The summed E-state index contributed by atoms with van der Waals surface area (Å²) in [5.41, 5.74) is 1.20. The van der Waals surface area contributed by atoms with E-state index < -0.39 is 0 Å². The van der Waals surface area contributed by atoms with E-state index in [9.17, 15) is 0 Å². The minimum atomic E-state index is 0.124. The molecule has 0 bridgehead atoms. The fourth-order valence-electron chi connectivity index (χ4n) is 1.41. The summed E-state index contributed by atoms with van der Waals surface area (Å²) in [6.07, 6.45) is 5.38. The van der Waals surface area contributed by atoms with Gasteiger partial charge in [0.15, 0.2) is 0 Å². The first-order chi connectivity index (χ1) is 7.31. The summed E-state index contributed by atoms with van der Waals surface area (Å²) in [7, 11) is 0. The van der Waals surface area contributed by atoms with Crippen LogP contribution in [0.2, 0.25) is 0 Å². The van der Waals surface area contributed by atoms with E-state index in [1.165, 1.54) is 0 Å². The van der Waals surface area contributed by atoms with E-state index in [2.05, 4.69) is 12.0 Å². The Labute approximate surface area is 89.9 Å². The molecule has 0 saturated carbocycles. The van der Waals surface area contributed by atoms with Crippen molar-refractivity contribution >= 4 is 0 Å². The van der Waals surface area contributed by atoms with Crippen LogP contribution in [-0.2, 0) is 0 Å². The van der Waals surface area contributed by atoms with Gasteiger partial charge in [-0.1, -0.05) is 5.92 Å². The van der Waals surface area contributed by atoms with Gasteiger partial charge in [0.1, 0.15) is 17.7 Å². The van der Waals surface area contributed by atoms with E-state index in [4.69, 9.17) is 10.5 Å². The number of allylic oxidation sites excluding steroid dienone is 4. The lowest BCUT2D eigenvalue weighted by atomic mass is 10.2. The Bertz CT molecular complexity index is 416. The van der Waals surface area contributed by atoms with Crippen LogP contribution in [0, 0.1) is 34.6 Å². The molecule has 1 aliphatic heterocycles. The molecule has 0 aromatic carbocycles. The molecule has 0 aliphatic carbocycles.